The summed E-state index contributed by atoms with van der Waals surface area (Å²) in [5.41, 5.74) is 2.20. The third-order valence-electron chi connectivity index (χ3n) is 3.37. The van der Waals surface area contributed by atoms with Crippen LogP contribution in [0.4, 0.5) is 11.4 Å². The first-order chi connectivity index (χ1) is 10.4. The second-order valence-corrected chi connectivity index (χ2v) is 6.43. The van der Waals surface area contributed by atoms with E-state index in [2.05, 4.69) is 10.3 Å². The Morgan fingerprint density at radius 3 is 2.45 bits per heavy atom. The van der Waals surface area contributed by atoms with E-state index >= 15 is 0 Å². The van der Waals surface area contributed by atoms with Crippen molar-refractivity contribution in [1.29, 1.82) is 0 Å². The predicted octanol–water partition coefficient (Wildman–Crippen LogP) is 1.77. The van der Waals surface area contributed by atoms with Crippen molar-refractivity contribution in [3.63, 3.8) is 0 Å². The molecule has 2 aromatic carbocycles. The van der Waals surface area contributed by atoms with Crippen LogP contribution in [-0.2, 0) is 14.8 Å². The van der Waals surface area contributed by atoms with Crippen LogP contribution in [-0.4, -0.2) is 20.5 Å². The number of amides is 1. The number of aliphatic imine (C=N–C) groups is 1. The van der Waals surface area contributed by atoms with E-state index in [1.54, 1.807) is 6.21 Å². The summed E-state index contributed by atoms with van der Waals surface area (Å²) in [7, 11) is -3.71. The monoisotopic (exact) mass is 315 g/mol. The molecule has 1 aliphatic heterocycles. The van der Waals surface area contributed by atoms with Crippen molar-refractivity contribution in [2.75, 3.05) is 5.32 Å². The van der Waals surface area contributed by atoms with Crippen molar-refractivity contribution >= 4 is 33.5 Å². The first kappa shape index (κ1) is 14.4. The lowest BCUT2D eigenvalue weighted by molar-refractivity contribution is -0.115. The number of anilines is 1. The Morgan fingerprint density at radius 1 is 1.09 bits per heavy atom. The molecule has 3 rings (SSSR count). The highest BCUT2D eigenvalue weighted by atomic mass is 32.2. The van der Waals surface area contributed by atoms with Gasteiger partial charge in [-0.1, -0.05) is 18.2 Å². The highest BCUT2D eigenvalue weighted by Crippen LogP contribution is 2.31. The van der Waals surface area contributed by atoms with E-state index in [1.807, 2.05) is 24.3 Å². The van der Waals surface area contributed by atoms with Gasteiger partial charge in [-0.2, -0.15) is 0 Å². The quantitative estimate of drug-likeness (QED) is 0.844. The second-order valence-electron chi connectivity index (χ2n) is 4.87. The molecule has 0 spiro atoms. The molecule has 1 heterocycles. The average molecular weight is 315 g/mol. The average Bonchev–Trinajstić information content (AvgIpc) is 2.80. The molecule has 1 atom stereocenters. The minimum absolute atomic E-state index is 0.0235. The van der Waals surface area contributed by atoms with Crippen LogP contribution in [0.15, 0.2) is 58.4 Å². The van der Waals surface area contributed by atoms with Gasteiger partial charge in [0, 0.05) is 11.9 Å². The van der Waals surface area contributed by atoms with Crippen LogP contribution < -0.4 is 10.5 Å². The Bertz CT molecular complexity index is 858. The normalized spacial score (nSPS) is 17.5. The Balaban J connectivity index is 1.84. The number of para-hydroxylation sites is 1. The number of carbonyl (C=O) groups excluding carboxylic acids is 1. The number of hydrogen-bond donors (Lipinski definition) is 2. The molecule has 7 heteroatoms. The van der Waals surface area contributed by atoms with E-state index in [0.717, 1.165) is 11.3 Å². The van der Waals surface area contributed by atoms with Crippen LogP contribution in [0.5, 0.6) is 0 Å². The second kappa shape index (κ2) is 5.36. The highest BCUT2D eigenvalue weighted by molar-refractivity contribution is 7.89. The van der Waals surface area contributed by atoms with Gasteiger partial charge in [-0.25, -0.2) is 13.6 Å². The summed E-state index contributed by atoms with van der Waals surface area (Å²) in [5, 5.41) is 7.82. The van der Waals surface area contributed by atoms with E-state index in [-0.39, 0.29) is 10.8 Å². The molecule has 0 saturated heterocycles. The minimum atomic E-state index is -3.71. The van der Waals surface area contributed by atoms with E-state index in [4.69, 9.17) is 5.14 Å². The summed E-state index contributed by atoms with van der Waals surface area (Å²) in [4.78, 5) is 16.2. The molecule has 0 fully saturated rings. The van der Waals surface area contributed by atoms with E-state index in [1.165, 1.54) is 24.3 Å². The fourth-order valence-corrected chi connectivity index (χ4v) is 2.78. The molecule has 112 valence electrons. The molecule has 1 unspecified atom stereocenters. The van der Waals surface area contributed by atoms with Crippen LogP contribution in [0, 0.1) is 0 Å². The molecule has 2 aromatic rings. The zero-order valence-corrected chi connectivity index (χ0v) is 12.2. The van der Waals surface area contributed by atoms with Crippen LogP contribution in [0.3, 0.4) is 0 Å². The highest BCUT2D eigenvalue weighted by Gasteiger charge is 2.28. The Morgan fingerprint density at radius 2 is 1.77 bits per heavy atom. The summed E-state index contributed by atoms with van der Waals surface area (Å²) in [5.74, 6) is -0.583. The Labute approximate surface area is 127 Å². The van der Waals surface area contributed by atoms with Crippen molar-refractivity contribution in [2.24, 2.45) is 10.1 Å². The fourth-order valence-electron chi connectivity index (χ4n) is 2.26. The molecule has 1 aliphatic rings. The van der Waals surface area contributed by atoms with Crippen molar-refractivity contribution in [2.45, 2.75) is 10.8 Å². The zero-order chi connectivity index (χ0) is 15.7. The molecule has 22 heavy (non-hydrogen) atoms. The van der Waals surface area contributed by atoms with Crippen LogP contribution in [0.25, 0.3) is 0 Å². The van der Waals surface area contributed by atoms with Gasteiger partial charge in [0.1, 0.15) is 5.92 Å². The summed E-state index contributed by atoms with van der Waals surface area (Å²) in [6, 6.07) is 13.3. The van der Waals surface area contributed by atoms with Gasteiger partial charge in [0.25, 0.3) is 0 Å². The molecule has 0 radical (unpaired) electrons. The van der Waals surface area contributed by atoms with Gasteiger partial charge in [-0.3, -0.25) is 9.79 Å². The molecule has 0 saturated carbocycles. The van der Waals surface area contributed by atoms with Crippen molar-refractivity contribution in [3.8, 4) is 0 Å². The van der Waals surface area contributed by atoms with E-state index in [0.29, 0.717) is 5.69 Å². The number of sulfonamides is 1. The van der Waals surface area contributed by atoms with Crippen molar-refractivity contribution in [1.82, 2.24) is 0 Å². The van der Waals surface area contributed by atoms with Crippen LogP contribution in [0.2, 0.25) is 0 Å². The molecular weight excluding hydrogens is 302 g/mol. The van der Waals surface area contributed by atoms with Gasteiger partial charge in [0.2, 0.25) is 15.9 Å². The smallest absolute Gasteiger partial charge is 0.238 e. The molecule has 0 aromatic heterocycles. The third-order valence-corrected chi connectivity index (χ3v) is 4.30. The standard InChI is InChI=1S/C15H13N3O3S/c16-22(20,21)11-7-5-10(6-8-11)17-9-13-12-3-1-2-4-14(12)18-15(13)19/h1-9,13H,(H,18,19)(H2,16,20,21). The van der Waals surface area contributed by atoms with E-state index < -0.39 is 15.9 Å². The lowest BCUT2D eigenvalue weighted by Crippen LogP contribution is -2.13. The van der Waals surface area contributed by atoms with E-state index in [9.17, 15) is 13.2 Å². The van der Waals surface area contributed by atoms with Gasteiger partial charge in [-0.05, 0) is 35.9 Å². The Kier molecular flexibility index (Phi) is 3.51. The number of nitrogens with zero attached hydrogens (tertiary/aromatic N) is 1. The number of benzene rings is 2. The first-order valence-electron chi connectivity index (χ1n) is 6.52. The van der Waals surface area contributed by atoms with Gasteiger partial charge >= 0.3 is 0 Å². The number of hydrogen-bond acceptors (Lipinski definition) is 4. The fraction of sp³-hybridized carbons (Fsp3) is 0.0667. The van der Waals surface area contributed by atoms with Gasteiger partial charge in [0.15, 0.2) is 0 Å². The minimum Gasteiger partial charge on any atom is -0.325 e. The molecule has 0 bridgehead atoms. The van der Waals surface area contributed by atoms with Gasteiger partial charge < -0.3 is 5.32 Å². The predicted molar refractivity (Wildman–Crippen MR) is 83.8 cm³/mol. The zero-order valence-electron chi connectivity index (χ0n) is 11.4. The number of fused-ring (bicyclic) bond motifs is 1. The molecule has 0 aliphatic carbocycles. The number of nitrogens with two attached hydrogens (primary N) is 1. The van der Waals surface area contributed by atoms with Gasteiger partial charge in [0.05, 0.1) is 10.6 Å². The van der Waals surface area contributed by atoms with Crippen molar-refractivity contribution in [3.05, 3.63) is 54.1 Å². The van der Waals surface area contributed by atoms with Gasteiger partial charge in [-0.15, -0.1) is 0 Å². The lowest BCUT2D eigenvalue weighted by Gasteiger charge is -2.02. The molecular formula is C15H13N3O3S. The van der Waals surface area contributed by atoms with Crippen LogP contribution >= 0.6 is 0 Å². The first-order valence-corrected chi connectivity index (χ1v) is 8.06. The summed E-state index contributed by atoms with van der Waals surface area (Å²) >= 11 is 0. The number of rotatable bonds is 3. The van der Waals surface area contributed by atoms with Crippen molar-refractivity contribution < 1.29 is 13.2 Å². The maximum absolute atomic E-state index is 11.9. The number of primary sulfonamides is 1. The third kappa shape index (κ3) is 2.76. The molecule has 6 nitrogen and oxygen atoms in total. The topological polar surface area (TPSA) is 102 Å². The number of carbonyl (C=O) groups is 1. The summed E-state index contributed by atoms with van der Waals surface area (Å²) in [6.07, 6.45) is 1.55. The number of nitrogens with one attached hydrogen (secondary N) is 1. The summed E-state index contributed by atoms with van der Waals surface area (Å²) in [6.45, 7) is 0. The molecule has 1 amide bonds. The van der Waals surface area contributed by atoms with Crippen LogP contribution in [0.1, 0.15) is 11.5 Å². The molecule has 3 N–H and O–H groups in total. The lowest BCUT2D eigenvalue weighted by atomic mass is 10.0. The maximum Gasteiger partial charge on any atom is 0.238 e. The largest absolute Gasteiger partial charge is 0.325 e. The summed E-state index contributed by atoms with van der Waals surface area (Å²) < 4.78 is 22.4. The SMILES string of the molecule is NS(=O)(=O)c1ccc(N=CC2C(=O)Nc3ccccc32)cc1. The Hall–Kier alpha value is -2.51. The maximum atomic E-state index is 11.9.